The molecule has 0 radical (unpaired) electrons. The molecule has 0 fully saturated rings. The molecule has 1 aromatic rings. The third-order valence-corrected chi connectivity index (χ3v) is 3.86. The van der Waals surface area contributed by atoms with Crippen LogP contribution < -0.4 is 15.4 Å². The van der Waals surface area contributed by atoms with E-state index in [0.717, 1.165) is 18.9 Å². The van der Waals surface area contributed by atoms with Crippen molar-refractivity contribution in [2.75, 3.05) is 53.2 Å². The molecule has 25 heavy (non-hydrogen) atoms. The van der Waals surface area contributed by atoms with Crippen LogP contribution in [0.4, 0.5) is 0 Å². The predicted molar refractivity (Wildman–Crippen MR) is 103 cm³/mol. The number of nitrogens with zero attached hydrogens (tertiary/aromatic N) is 1. The fourth-order valence-electron chi connectivity index (χ4n) is 1.87. The summed E-state index contributed by atoms with van der Waals surface area (Å²) in [6, 6.07) is 5.32. The maximum atomic E-state index is 6.08. The van der Waals surface area contributed by atoms with Crippen molar-refractivity contribution in [3.8, 4) is 5.75 Å². The number of ether oxygens (including phenoxy) is 3. The lowest BCUT2D eigenvalue weighted by molar-refractivity contribution is 0.0702. The minimum absolute atomic E-state index is 0.429. The van der Waals surface area contributed by atoms with E-state index in [0.29, 0.717) is 55.3 Å². The summed E-state index contributed by atoms with van der Waals surface area (Å²) in [5.41, 5.74) is 0. The van der Waals surface area contributed by atoms with Gasteiger partial charge in [-0.25, -0.2) is 0 Å². The maximum Gasteiger partial charge on any atom is 0.191 e. The van der Waals surface area contributed by atoms with Crippen molar-refractivity contribution in [3.63, 3.8) is 0 Å². The molecule has 0 heterocycles. The Morgan fingerprint density at radius 1 is 1.12 bits per heavy atom. The van der Waals surface area contributed by atoms with E-state index in [9.17, 15) is 0 Å². The Bertz CT molecular complexity index is 516. The monoisotopic (exact) mass is 391 g/mol. The molecule has 0 saturated carbocycles. The molecule has 2 N–H and O–H groups in total. The molecule has 0 spiro atoms. The quantitative estimate of drug-likeness (QED) is 0.325. The number of hydrogen-bond donors (Lipinski definition) is 2. The Kier molecular flexibility index (Phi) is 12.2. The number of hydrogen-bond acceptors (Lipinski definition) is 4. The third-order valence-electron chi connectivity index (χ3n) is 3.06. The second kappa shape index (κ2) is 14.0. The number of halogens is 2. The lowest BCUT2D eigenvalue weighted by atomic mass is 10.3. The lowest BCUT2D eigenvalue weighted by Crippen LogP contribution is -2.39. The number of methoxy groups -OCH3 is 1. The second-order valence-corrected chi connectivity index (χ2v) is 5.83. The van der Waals surface area contributed by atoms with Gasteiger partial charge in [0.2, 0.25) is 0 Å². The molecule has 0 bridgehead atoms. The average molecular weight is 392 g/mol. The van der Waals surface area contributed by atoms with Crippen molar-refractivity contribution in [1.82, 2.24) is 10.6 Å². The number of benzene rings is 1. The van der Waals surface area contributed by atoms with Crippen molar-refractivity contribution < 1.29 is 14.2 Å². The molecule has 0 saturated heterocycles. The van der Waals surface area contributed by atoms with E-state index in [4.69, 9.17) is 37.4 Å². The van der Waals surface area contributed by atoms with Gasteiger partial charge in [-0.15, -0.1) is 0 Å². The summed E-state index contributed by atoms with van der Waals surface area (Å²) < 4.78 is 16.0. The smallest absolute Gasteiger partial charge is 0.191 e. The van der Waals surface area contributed by atoms with Gasteiger partial charge >= 0.3 is 0 Å². The molecular formula is C17H27Cl2N3O3. The number of guanidine groups is 1. The van der Waals surface area contributed by atoms with E-state index in [-0.39, 0.29) is 0 Å². The van der Waals surface area contributed by atoms with Crippen LogP contribution in [0.15, 0.2) is 23.2 Å². The molecule has 8 heteroatoms. The van der Waals surface area contributed by atoms with Crippen molar-refractivity contribution in [3.05, 3.63) is 28.2 Å². The Morgan fingerprint density at radius 2 is 1.96 bits per heavy atom. The summed E-state index contributed by atoms with van der Waals surface area (Å²) >= 11 is 12.0. The van der Waals surface area contributed by atoms with Gasteiger partial charge in [-0.05, 0) is 25.5 Å². The van der Waals surface area contributed by atoms with Crippen LogP contribution in [0.25, 0.3) is 0 Å². The highest BCUT2D eigenvalue weighted by atomic mass is 35.5. The molecule has 0 unspecified atom stereocenters. The van der Waals surface area contributed by atoms with Crippen LogP contribution in [-0.2, 0) is 9.47 Å². The Labute approximate surface area is 159 Å². The van der Waals surface area contributed by atoms with Crippen molar-refractivity contribution in [2.24, 2.45) is 4.99 Å². The molecule has 6 nitrogen and oxygen atoms in total. The van der Waals surface area contributed by atoms with Gasteiger partial charge in [0.15, 0.2) is 5.96 Å². The van der Waals surface area contributed by atoms with E-state index in [2.05, 4.69) is 15.6 Å². The summed E-state index contributed by atoms with van der Waals surface area (Å²) in [5, 5.41) is 7.31. The van der Waals surface area contributed by atoms with Crippen molar-refractivity contribution >= 4 is 29.2 Å². The standard InChI is InChI=1S/C17H27Cl2N3O3/c1-3-20-17(21-8-5-10-24-13-12-23-2)22-9-11-25-15-7-4-6-14(18)16(15)19/h4,6-7H,3,5,8-13H2,1-2H3,(H2,20,21,22). The van der Waals surface area contributed by atoms with E-state index in [1.54, 1.807) is 25.3 Å². The summed E-state index contributed by atoms with van der Waals surface area (Å²) in [6.45, 7) is 6.44. The topological polar surface area (TPSA) is 64.1 Å². The van der Waals surface area contributed by atoms with Crippen LogP contribution >= 0.6 is 23.2 Å². The first-order chi connectivity index (χ1) is 12.2. The van der Waals surface area contributed by atoms with Crippen LogP contribution in [0.5, 0.6) is 5.75 Å². The zero-order chi connectivity index (χ0) is 18.3. The number of rotatable bonds is 12. The minimum atomic E-state index is 0.429. The highest BCUT2D eigenvalue weighted by molar-refractivity contribution is 6.42. The molecule has 142 valence electrons. The Balaban J connectivity index is 2.25. The zero-order valence-corrected chi connectivity index (χ0v) is 16.3. The first kappa shape index (κ1) is 21.8. The molecule has 1 rings (SSSR count). The van der Waals surface area contributed by atoms with E-state index in [1.807, 2.05) is 6.92 Å². The molecule has 0 atom stereocenters. The first-order valence-corrected chi connectivity index (χ1v) is 9.10. The largest absolute Gasteiger partial charge is 0.490 e. The van der Waals surface area contributed by atoms with Crippen molar-refractivity contribution in [1.29, 1.82) is 0 Å². The highest BCUT2D eigenvalue weighted by Crippen LogP contribution is 2.31. The van der Waals surface area contributed by atoms with Gasteiger partial charge in [0.25, 0.3) is 0 Å². The van der Waals surface area contributed by atoms with Crippen LogP contribution in [0.1, 0.15) is 13.3 Å². The van der Waals surface area contributed by atoms with Gasteiger partial charge in [0.05, 0.1) is 24.8 Å². The first-order valence-electron chi connectivity index (χ1n) is 8.34. The van der Waals surface area contributed by atoms with Crippen LogP contribution in [0.2, 0.25) is 10.0 Å². The van der Waals surface area contributed by atoms with E-state index in [1.165, 1.54) is 0 Å². The number of aliphatic imine (C=N–C) groups is 1. The second-order valence-electron chi connectivity index (χ2n) is 5.05. The van der Waals surface area contributed by atoms with Gasteiger partial charge in [-0.2, -0.15) is 0 Å². The Hall–Kier alpha value is -1.21. The lowest BCUT2D eigenvalue weighted by Gasteiger charge is -2.13. The van der Waals surface area contributed by atoms with Crippen LogP contribution in [0.3, 0.4) is 0 Å². The SMILES string of the molecule is CCNC(=NCCCOCCOC)NCCOc1cccc(Cl)c1Cl. The molecule has 0 aliphatic heterocycles. The van der Waals surface area contributed by atoms with Crippen LogP contribution in [0, 0.1) is 0 Å². The summed E-state index contributed by atoms with van der Waals surface area (Å²) in [6.07, 6.45) is 0.856. The fraction of sp³-hybridized carbons (Fsp3) is 0.588. The molecule has 1 aromatic carbocycles. The van der Waals surface area contributed by atoms with E-state index < -0.39 is 0 Å². The maximum absolute atomic E-state index is 6.08. The predicted octanol–water partition coefficient (Wildman–Crippen LogP) is 2.98. The fourth-order valence-corrected chi connectivity index (χ4v) is 2.22. The number of nitrogens with one attached hydrogen (secondary N) is 2. The van der Waals surface area contributed by atoms with Crippen LogP contribution in [-0.4, -0.2) is 59.1 Å². The molecular weight excluding hydrogens is 365 g/mol. The zero-order valence-electron chi connectivity index (χ0n) is 14.8. The van der Waals surface area contributed by atoms with Gasteiger partial charge in [-0.3, -0.25) is 4.99 Å². The normalized spacial score (nSPS) is 11.4. The Morgan fingerprint density at radius 3 is 2.72 bits per heavy atom. The van der Waals surface area contributed by atoms with Gasteiger partial charge in [0.1, 0.15) is 17.4 Å². The molecule has 0 amide bonds. The van der Waals surface area contributed by atoms with Crippen molar-refractivity contribution in [2.45, 2.75) is 13.3 Å². The summed E-state index contributed by atoms with van der Waals surface area (Å²) in [5.74, 6) is 1.33. The average Bonchev–Trinajstić information content (AvgIpc) is 2.61. The van der Waals surface area contributed by atoms with E-state index >= 15 is 0 Å². The highest BCUT2D eigenvalue weighted by Gasteiger charge is 2.05. The summed E-state index contributed by atoms with van der Waals surface area (Å²) in [4.78, 5) is 4.49. The molecule has 0 aliphatic rings. The van der Waals surface area contributed by atoms with Gasteiger partial charge < -0.3 is 24.8 Å². The molecule has 0 aromatic heterocycles. The molecule has 0 aliphatic carbocycles. The minimum Gasteiger partial charge on any atom is -0.490 e. The third kappa shape index (κ3) is 9.75. The van der Waals surface area contributed by atoms with Gasteiger partial charge in [-0.1, -0.05) is 29.3 Å². The summed E-state index contributed by atoms with van der Waals surface area (Å²) in [7, 11) is 1.66. The van der Waals surface area contributed by atoms with Gasteiger partial charge in [0, 0.05) is 26.8 Å².